The summed E-state index contributed by atoms with van der Waals surface area (Å²) in [5, 5.41) is 3.56. The third kappa shape index (κ3) is 6.97. The predicted molar refractivity (Wildman–Crippen MR) is 138 cm³/mol. The van der Waals surface area contributed by atoms with E-state index in [2.05, 4.69) is 32.4 Å². The number of hydrogen-bond donors (Lipinski definition) is 2. The molecule has 6 nitrogen and oxygen atoms in total. The van der Waals surface area contributed by atoms with Crippen molar-refractivity contribution in [3.8, 4) is 10.4 Å². The van der Waals surface area contributed by atoms with Gasteiger partial charge in [0.2, 0.25) is 5.95 Å². The van der Waals surface area contributed by atoms with Gasteiger partial charge in [-0.2, -0.15) is 13.2 Å². The van der Waals surface area contributed by atoms with Crippen molar-refractivity contribution in [1.82, 2.24) is 20.3 Å². The van der Waals surface area contributed by atoms with Crippen LogP contribution in [-0.2, 0) is 19.1 Å². The van der Waals surface area contributed by atoms with Gasteiger partial charge >= 0.3 is 6.18 Å². The van der Waals surface area contributed by atoms with Gasteiger partial charge in [-0.3, -0.25) is 4.79 Å². The maximum absolute atomic E-state index is 12.9. The van der Waals surface area contributed by atoms with Gasteiger partial charge in [0.1, 0.15) is 5.69 Å². The molecule has 1 aliphatic heterocycles. The van der Waals surface area contributed by atoms with Crippen LogP contribution in [0.25, 0.3) is 10.4 Å². The molecule has 12 heteroatoms. The van der Waals surface area contributed by atoms with Crippen LogP contribution in [-0.4, -0.2) is 34.1 Å². The Kier molecular flexibility index (Phi) is 10.1. The van der Waals surface area contributed by atoms with Gasteiger partial charge in [0, 0.05) is 58.4 Å². The SMILES string of the molecule is CCc1cc(-c2ccc(CNC3CCN(c4nccc(C(F)(F)F)n4)CC3)s2)c(C)[nH]c1=O.Cl.Cl. The first-order valence-corrected chi connectivity index (χ1v) is 11.8. The quantitative estimate of drug-likeness (QED) is 0.431. The number of aromatic nitrogens is 3. The van der Waals surface area contributed by atoms with Crippen LogP contribution in [0.15, 0.2) is 35.3 Å². The average Bonchev–Trinajstić information content (AvgIpc) is 3.26. The first kappa shape index (κ1) is 29.1. The van der Waals surface area contributed by atoms with E-state index in [4.69, 9.17) is 0 Å². The molecule has 3 aromatic heterocycles. The number of rotatable bonds is 6. The summed E-state index contributed by atoms with van der Waals surface area (Å²) in [6.45, 7) is 5.81. The number of aromatic amines is 1. The number of anilines is 1. The number of aryl methyl sites for hydroxylation is 2. The molecule has 0 unspecified atom stereocenters. The average molecular weight is 550 g/mol. The van der Waals surface area contributed by atoms with Gasteiger partial charge in [-0.25, -0.2) is 9.97 Å². The molecule has 0 bridgehead atoms. The minimum atomic E-state index is -4.47. The number of pyridine rings is 1. The molecule has 0 atom stereocenters. The van der Waals surface area contributed by atoms with E-state index in [1.54, 1.807) is 16.2 Å². The molecule has 4 rings (SSSR count). The lowest BCUT2D eigenvalue weighted by Crippen LogP contribution is -2.43. The van der Waals surface area contributed by atoms with Gasteiger partial charge in [-0.15, -0.1) is 36.2 Å². The summed E-state index contributed by atoms with van der Waals surface area (Å²) in [6.07, 6.45) is -1.01. The second kappa shape index (κ2) is 12.2. The van der Waals surface area contributed by atoms with E-state index in [1.807, 2.05) is 19.9 Å². The molecule has 0 saturated carbocycles. The highest BCUT2D eigenvalue weighted by molar-refractivity contribution is 7.15. The van der Waals surface area contributed by atoms with Crippen molar-refractivity contribution in [3.05, 3.63) is 62.6 Å². The fourth-order valence-electron chi connectivity index (χ4n) is 3.99. The number of halogens is 5. The fraction of sp³-hybridized carbons (Fsp3) is 0.435. The standard InChI is InChI=1S/C23H26F3N5OS.2ClH/c1-3-15-12-18(14(2)29-21(15)32)19-5-4-17(33-19)13-28-16-7-10-31(11-8-16)22-27-9-6-20(30-22)23(24,25)26;;/h4-6,9,12,16,28H,3,7-8,10-11,13H2,1-2H3,(H,29,32);2*1H. The lowest BCUT2D eigenvalue weighted by Gasteiger charge is -2.32. The van der Waals surface area contributed by atoms with Crippen molar-refractivity contribution < 1.29 is 13.2 Å². The van der Waals surface area contributed by atoms with E-state index in [9.17, 15) is 18.0 Å². The Morgan fingerprint density at radius 3 is 2.57 bits per heavy atom. The molecular weight excluding hydrogens is 522 g/mol. The van der Waals surface area contributed by atoms with E-state index in [0.29, 0.717) is 19.5 Å². The van der Waals surface area contributed by atoms with Gasteiger partial charge in [-0.1, -0.05) is 6.92 Å². The monoisotopic (exact) mass is 549 g/mol. The van der Waals surface area contributed by atoms with E-state index < -0.39 is 11.9 Å². The summed E-state index contributed by atoms with van der Waals surface area (Å²) in [5.41, 5.74) is 1.75. The van der Waals surface area contributed by atoms with Crippen LogP contribution < -0.4 is 15.8 Å². The summed E-state index contributed by atoms with van der Waals surface area (Å²) >= 11 is 1.69. The normalized spacial score (nSPS) is 14.4. The van der Waals surface area contributed by atoms with Gasteiger partial charge in [0.15, 0.2) is 0 Å². The smallest absolute Gasteiger partial charge is 0.341 e. The molecule has 0 radical (unpaired) electrons. The number of piperidine rings is 1. The number of hydrogen-bond acceptors (Lipinski definition) is 6. The minimum absolute atomic E-state index is 0. The first-order valence-electron chi connectivity index (χ1n) is 10.9. The van der Waals surface area contributed by atoms with Crippen LogP contribution in [0, 0.1) is 6.92 Å². The topological polar surface area (TPSA) is 73.9 Å². The van der Waals surface area contributed by atoms with E-state index in [-0.39, 0.29) is 42.4 Å². The molecule has 0 aromatic carbocycles. The zero-order valence-corrected chi connectivity index (χ0v) is 21.8. The Morgan fingerprint density at radius 2 is 1.91 bits per heavy atom. The second-order valence-corrected chi connectivity index (χ2v) is 9.33. The summed E-state index contributed by atoms with van der Waals surface area (Å²) in [7, 11) is 0. The molecule has 1 saturated heterocycles. The maximum Gasteiger partial charge on any atom is 0.433 e. The van der Waals surface area contributed by atoms with Crippen molar-refractivity contribution in [2.45, 2.75) is 51.9 Å². The molecule has 4 heterocycles. The number of H-pyrrole nitrogens is 1. The summed E-state index contributed by atoms with van der Waals surface area (Å²) in [5.74, 6) is 0.133. The van der Waals surface area contributed by atoms with Gasteiger partial charge < -0.3 is 15.2 Å². The van der Waals surface area contributed by atoms with Crippen LogP contribution in [0.5, 0.6) is 0 Å². The molecular formula is C23H28Cl2F3N5OS. The van der Waals surface area contributed by atoms with E-state index in [1.165, 1.54) is 4.88 Å². The van der Waals surface area contributed by atoms with Crippen molar-refractivity contribution in [2.75, 3.05) is 18.0 Å². The third-order valence-electron chi connectivity index (χ3n) is 5.90. The Labute approximate surface area is 218 Å². The van der Waals surface area contributed by atoms with Crippen molar-refractivity contribution >= 4 is 42.1 Å². The van der Waals surface area contributed by atoms with Crippen molar-refractivity contribution in [1.29, 1.82) is 0 Å². The van der Waals surface area contributed by atoms with Crippen LogP contribution in [0.1, 0.15) is 41.6 Å². The highest BCUT2D eigenvalue weighted by Gasteiger charge is 2.33. The van der Waals surface area contributed by atoms with Crippen LogP contribution >= 0.6 is 36.2 Å². The van der Waals surface area contributed by atoms with Gasteiger partial charge in [-0.05, 0) is 50.5 Å². The summed E-state index contributed by atoms with van der Waals surface area (Å²) < 4.78 is 38.7. The Hall–Kier alpha value is -2.14. The molecule has 1 fully saturated rings. The lowest BCUT2D eigenvalue weighted by molar-refractivity contribution is -0.141. The van der Waals surface area contributed by atoms with Gasteiger partial charge in [0.05, 0.1) is 0 Å². The number of alkyl halides is 3. The van der Waals surface area contributed by atoms with Crippen molar-refractivity contribution in [3.63, 3.8) is 0 Å². The molecule has 0 spiro atoms. The van der Waals surface area contributed by atoms with Crippen molar-refractivity contribution in [2.24, 2.45) is 0 Å². The predicted octanol–water partition coefficient (Wildman–Crippen LogP) is 5.39. The molecule has 1 aliphatic rings. The highest BCUT2D eigenvalue weighted by Crippen LogP contribution is 2.31. The minimum Gasteiger partial charge on any atom is -0.341 e. The molecule has 35 heavy (non-hydrogen) atoms. The molecule has 3 aromatic rings. The van der Waals surface area contributed by atoms with E-state index >= 15 is 0 Å². The Bertz CT molecular complexity index is 1180. The zero-order chi connectivity index (χ0) is 23.6. The lowest BCUT2D eigenvalue weighted by atomic mass is 10.1. The maximum atomic E-state index is 12.9. The summed E-state index contributed by atoms with van der Waals surface area (Å²) in [6, 6.07) is 7.32. The van der Waals surface area contributed by atoms with Gasteiger partial charge in [0.25, 0.3) is 5.56 Å². The highest BCUT2D eigenvalue weighted by atomic mass is 35.5. The molecule has 0 aliphatic carbocycles. The third-order valence-corrected chi connectivity index (χ3v) is 7.02. The van der Waals surface area contributed by atoms with Crippen LogP contribution in [0.3, 0.4) is 0 Å². The Morgan fingerprint density at radius 1 is 1.20 bits per heavy atom. The van der Waals surface area contributed by atoms with Crippen LogP contribution in [0.4, 0.5) is 19.1 Å². The molecule has 0 amide bonds. The second-order valence-electron chi connectivity index (χ2n) is 8.16. The largest absolute Gasteiger partial charge is 0.433 e. The first-order chi connectivity index (χ1) is 15.7. The fourth-order valence-corrected chi connectivity index (χ4v) is 5.02. The van der Waals surface area contributed by atoms with E-state index in [0.717, 1.165) is 53.3 Å². The molecule has 2 N–H and O–H groups in total. The Balaban J connectivity index is 0.00000216. The number of thiophene rings is 1. The zero-order valence-electron chi connectivity index (χ0n) is 19.3. The number of nitrogens with zero attached hydrogens (tertiary/aromatic N) is 3. The number of nitrogens with one attached hydrogen (secondary N) is 2. The summed E-state index contributed by atoms with van der Waals surface area (Å²) in [4.78, 5) is 26.8. The van der Waals surface area contributed by atoms with Crippen LogP contribution in [0.2, 0.25) is 0 Å². The molecule has 192 valence electrons.